The zero-order valence-electron chi connectivity index (χ0n) is 11.9. The van der Waals surface area contributed by atoms with E-state index < -0.39 is 0 Å². The van der Waals surface area contributed by atoms with Gasteiger partial charge in [0.25, 0.3) is 5.91 Å². The Hall–Kier alpha value is -1.16. The smallest absolute Gasteiger partial charge is 0.254 e. The standard InChI is InChI=1S/C15H22N2OS/c1-4-13-10-17(7-8-19-13)15(18)14-6-5-12(16-3)9-11(14)2/h5-6,9,13,16H,4,7-8,10H2,1-3H3. The van der Waals surface area contributed by atoms with E-state index in [4.69, 9.17) is 0 Å². The van der Waals surface area contributed by atoms with Crippen LogP contribution in [0.2, 0.25) is 0 Å². The van der Waals surface area contributed by atoms with Crippen LogP contribution in [0.1, 0.15) is 29.3 Å². The molecule has 0 saturated carbocycles. The summed E-state index contributed by atoms with van der Waals surface area (Å²) < 4.78 is 0. The lowest BCUT2D eigenvalue weighted by molar-refractivity contribution is 0.0760. The number of rotatable bonds is 3. The Labute approximate surface area is 119 Å². The largest absolute Gasteiger partial charge is 0.388 e. The molecule has 2 rings (SSSR count). The molecule has 3 nitrogen and oxygen atoms in total. The van der Waals surface area contributed by atoms with Gasteiger partial charge in [-0.15, -0.1) is 0 Å². The molecule has 1 saturated heterocycles. The van der Waals surface area contributed by atoms with Crippen molar-refractivity contribution in [1.29, 1.82) is 0 Å². The second-order valence-corrected chi connectivity index (χ2v) is 6.34. The van der Waals surface area contributed by atoms with Gasteiger partial charge in [0, 0.05) is 42.4 Å². The van der Waals surface area contributed by atoms with Crippen LogP contribution < -0.4 is 5.32 Å². The lowest BCUT2D eigenvalue weighted by atomic mass is 10.1. The van der Waals surface area contributed by atoms with Crippen molar-refractivity contribution in [1.82, 2.24) is 4.90 Å². The van der Waals surface area contributed by atoms with Crippen molar-refractivity contribution < 1.29 is 4.79 Å². The lowest BCUT2D eigenvalue weighted by Gasteiger charge is -2.32. The van der Waals surface area contributed by atoms with Gasteiger partial charge in [0.1, 0.15) is 0 Å². The number of amides is 1. The molecule has 1 aliphatic rings. The minimum atomic E-state index is 0.180. The Morgan fingerprint density at radius 2 is 2.32 bits per heavy atom. The van der Waals surface area contributed by atoms with Crippen molar-refractivity contribution in [2.24, 2.45) is 0 Å². The van der Waals surface area contributed by atoms with Crippen LogP contribution in [0.5, 0.6) is 0 Å². The number of carbonyl (C=O) groups excluding carboxylic acids is 1. The van der Waals surface area contributed by atoms with E-state index in [1.807, 2.05) is 48.8 Å². The minimum Gasteiger partial charge on any atom is -0.388 e. The van der Waals surface area contributed by atoms with Crippen LogP contribution >= 0.6 is 11.8 Å². The first-order valence-electron chi connectivity index (χ1n) is 6.85. The van der Waals surface area contributed by atoms with E-state index in [0.717, 1.165) is 42.1 Å². The molecule has 0 radical (unpaired) electrons. The molecule has 1 unspecified atom stereocenters. The fraction of sp³-hybridized carbons (Fsp3) is 0.533. The molecule has 104 valence electrons. The molecule has 1 aliphatic heterocycles. The highest BCUT2D eigenvalue weighted by atomic mass is 32.2. The lowest BCUT2D eigenvalue weighted by Crippen LogP contribution is -2.42. The Kier molecular flexibility index (Phi) is 4.75. The van der Waals surface area contributed by atoms with Crippen molar-refractivity contribution in [3.8, 4) is 0 Å². The zero-order chi connectivity index (χ0) is 13.8. The van der Waals surface area contributed by atoms with Gasteiger partial charge in [0.05, 0.1) is 0 Å². The number of nitrogens with one attached hydrogen (secondary N) is 1. The van der Waals surface area contributed by atoms with Gasteiger partial charge in [-0.25, -0.2) is 0 Å². The summed E-state index contributed by atoms with van der Waals surface area (Å²) in [6, 6.07) is 5.94. The number of benzene rings is 1. The molecular formula is C15H22N2OS. The molecule has 1 N–H and O–H groups in total. The van der Waals surface area contributed by atoms with Crippen LogP contribution in [0.15, 0.2) is 18.2 Å². The van der Waals surface area contributed by atoms with Crippen LogP contribution in [0, 0.1) is 6.92 Å². The minimum absolute atomic E-state index is 0.180. The first kappa shape index (κ1) is 14.3. The van der Waals surface area contributed by atoms with E-state index in [1.165, 1.54) is 0 Å². The Morgan fingerprint density at radius 3 is 2.95 bits per heavy atom. The van der Waals surface area contributed by atoms with Crippen molar-refractivity contribution >= 4 is 23.4 Å². The van der Waals surface area contributed by atoms with E-state index in [2.05, 4.69) is 12.2 Å². The molecular weight excluding hydrogens is 256 g/mol. The molecule has 4 heteroatoms. The Balaban J connectivity index is 2.15. The van der Waals surface area contributed by atoms with Gasteiger partial charge in [-0.3, -0.25) is 4.79 Å². The Bertz CT molecular complexity index is 461. The maximum absolute atomic E-state index is 12.6. The van der Waals surface area contributed by atoms with Crippen LogP contribution in [-0.4, -0.2) is 41.9 Å². The highest BCUT2D eigenvalue weighted by molar-refractivity contribution is 8.00. The summed E-state index contributed by atoms with van der Waals surface area (Å²) in [6.07, 6.45) is 1.13. The van der Waals surface area contributed by atoms with Gasteiger partial charge >= 0.3 is 0 Å². The summed E-state index contributed by atoms with van der Waals surface area (Å²) in [7, 11) is 1.89. The molecule has 1 fully saturated rings. The van der Waals surface area contributed by atoms with Crippen molar-refractivity contribution in [3.63, 3.8) is 0 Å². The van der Waals surface area contributed by atoms with E-state index in [9.17, 15) is 4.79 Å². The fourth-order valence-electron chi connectivity index (χ4n) is 2.38. The Morgan fingerprint density at radius 1 is 1.53 bits per heavy atom. The van der Waals surface area contributed by atoms with Crippen LogP contribution in [0.3, 0.4) is 0 Å². The van der Waals surface area contributed by atoms with Crippen molar-refractivity contribution in [3.05, 3.63) is 29.3 Å². The molecule has 0 bridgehead atoms. The number of carbonyl (C=O) groups is 1. The first-order valence-corrected chi connectivity index (χ1v) is 7.89. The quantitative estimate of drug-likeness (QED) is 0.922. The number of hydrogen-bond acceptors (Lipinski definition) is 3. The summed E-state index contributed by atoms with van der Waals surface area (Å²) in [5, 5.41) is 3.69. The summed E-state index contributed by atoms with van der Waals surface area (Å²) in [4.78, 5) is 14.6. The monoisotopic (exact) mass is 278 g/mol. The zero-order valence-corrected chi connectivity index (χ0v) is 12.7. The van der Waals surface area contributed by atoms with Crippen LogP contribution in [0.25, 0.3) is 0 Å². The second kappa shape index (κ2) is 6.33. The molecule has 1 atom stereocenters. The second-order valence-electron chi connectivity index (χ2n) is 4.93. The normalized spacial score (nSPS) is 19.3. The average molecular weight is 278 g/mol. The van der Waals surface area contributed by atoms with Gasteiger partial charge < -0.3 is 10.2 Å². The topological polar surface area (TPSA) is 32.3 Å². The summed E-state index contributed by atoms with van der Waals surface area (Å²) in [6.45, 7) is 5.95. The third kappa shape index (κ3) is 3.24. The van der Waals surface area contributed by atoms with Crippen molar-refractivity contribution in [2.75, 3.05) is 31.2 Å². The highest BCUT2D eigenvalue weighted by Gasteiger charge is 2.24. The number of thioether (sulfide) groups is 1. The molecule has 1 aromatic carbocycles. The van der Waals surface area contributed by atoms with E-state index >= 15 is 0 Å². The van der Waals surface area contributed by atoms with Gasteiger partial charge in [-0.2, -0.15) is 11.8 Å². The molecule has 19 heavy (non-hydrogen) atoms. The summed E-state index contributed by atoms with van der Waals surface area (Å²) >= 11 is 1.99. The number of aryl methyl sites for hydroxylation is 1. The molecule has 0 aliphatic carbocycles. The van der Waals surface area contributed by atoms with Gasteiger partial charge in [0.2, 0.25) is 0 Å². The summed E-state index contributed by atoms with van der Waals surface area (Å²) in [5.74, 6) is 1.23. The summed E-state index contributed by atoms with van der Waals surface area (Å²) in [5.41, 5.74) is 2.93. The predicted octanol–water partition coefficient (Wildman–Crippen LogP) is 3.00. The predicted molar refractivity (Wildman–Crippen MR) is 83.2 cm³/mol. The van der Waals surface area contributed by atoms with Gasteiger partial charge in [-0.05, 0) is 37.1 Å². The van der Waals surface area contributed by atoms with E-state index in [1.54, 1.807) is 0 Å². The fourth-order valence-corrected chi connectivity index (χ4v) is 3.56. The first-order chi connectivity index (χ1) is 9.15. The number of anilines is 1. The molecule has 1 amide bonds. The van der Waals surface area contributed by atoms with Crippen LogP contribution in [0.4, 0.5) is 5.69 Å². The van der Waals surface area contributed by atoms with Crippen molar-refractivity contribution in [2.45, 2.75) is 25.5 Å². The highest BCUT2D eigenvalue weighted by Crippen LogP contribution is 2.24. The molecule has 1 heterocycles. The number of hydrogen-bond donors (Lipinski definition) is 1. The van der Waals surface area contributed by atoms with E-state index in [0.29, 0.717) is 5.25 Å². The molecule has 0 aromatic heterocycles. The van der Waals surface area contributed by atoms with Gasteiger partial charge in [0.15, 0.2) is 0 Å². The van der Waals surface area contributed by atoms with E-state index in [-0.39, 0.29) is 5.91 Å². The maximum Gasteiger partial charge on any atom is 0.254 e. The number of nitrogens with zero attached hydrogens (tertiary/aromatic N) is 1. The molecule has 0 spiro atoms. The maximum atomic E-state index is 12.6. The molecule has 1 aromatic rings. The average Bonchev–Trinajstić information content (AvgIpc) is 2.46. The van der Waals surface area contributed by atoms with Gasteiger partial charge in [-0.1, -0.05) is 6.92 Å². The third-order valence-corrected chi connectivity index (χ3v) is 5.00. The SMILES string of the molecule is CCC1CN(C(=O)c2ccc(NC)cc2C)CCS1. The van der Waals surface area contributed by atoms with Crippen LogP contribution in [-0.2, 0) is 0 Å². The third-order valence-electron chi connectivity index (χ3n) is 3.63.